The van der Waals surface area contributed by atoms with E-state index in [4.69, 9.17) is 0 Å². The van der Waals surface area contributed by atoms with Crippen LogP contribution >= 0.6 is 0 Å². The Labute approximate surface area is 78.0 Å². The highest BCUT2D eigenvalue weighted by Gasteiger charge is 2.21. The molecule has 1 aromatic rings. The summed E-state index contributed by atoms with van der Waals surface area (Å²) in [6, 6.07) is 7.81. The SMILES string of the molecule is C[C@@H]1CC[C@H](c2ccc(F)cc2)N1. The van der Waals surface area contributed by atoms with Crippen molar-refractivity contribution in [3.63, 3.8) is 0 Å². The van der Waals surface area contributed by atoms with Crippen molar-refractivity contribution in [2.45, 2.75) is 31.8 Å². The highest BCUT2D eigenvalue weighted by Crippen LogP contribution is 2.25. The molecule has 0 amide bonds. The minimum Gasteiger partial charge on any atom is -0.307 e. The summed E-state index contributed by atoms with van der Waals surface area (Å²) in [6.45, 7) is 2.18. The summed E-state index contributed by atoms with van der Waals surface area (Å²) in [4.78, 5) is 0. The van der Waals surface area contributed by atoms with Gasteiger partial charge in [0.1, 0.15) is 5.82 Å². The summed E-state index contributed by atoms with van der Waals surface area (Å²) >= 11 is 0. The fourth-order valence-corrected chi connectivity index (χ4v) is 1.88. The van der Waals surface area contributed by atoms with Gasteiger partial charge >= 0.3 is 0 Å². The van der Waals surface area contributed by atoms with Gasteiger partial charge in [0.2, 0.25) is 0 Å². The Kier molecular flexibility index (Phi) is 2.32. The molecule has 1 aromatic carbocycles. The van der Waals surface area contributed by atoms with Crippen molar-refractivity contribution in [1.29, 1.82) is 0 Å². The third kappa shape index (κ3) is 1.89. The normalized spacial score (nSPS) is 27.8. The second kappa shape index (κ2) is 3.46. The lowest BCUT2D eigenvalue weighted by Gasteiger charge is -2.11. The number of halogens is 1. The van der Waals surface area contributed by atoms with Crippen LogP contribution in [0.25, 0.3) is 0 Å². The fraction of sp³-hybridized carbons (Fsp3) is 0.455. The molecule has 1 nitrogen and oxygen atoms in total. The molecule has 1 heterocycles. The largest absolute Gasteiger partial charge is 0.307 e. The Morgan fingerprint density at radius 2 is 1.92 bits per heavy atom. The van der Waals surface area contributed by atoms with E-state index in [1.165, 1.54) is 24.1 Å². The first-order valence-electron chi connectivity index (χ1n) is 4.77. The van der Waals surface area contributed by atoms with Crippen molar-refractivity contribution in [3.8, 4) is 0 Å². The minimum atomic E-state index is -0.158. The monoisotopic (exact) mass is 179 g/mol. The van der Waals surface area contributed by atoms with Crippen LogP contribution in [0, 0.1) is 5.82 Å². The average molecular weight is 179 g/mol. The van der Waals surface area contributed by atoms with Crippen LogP contribution in [0.2, 0.25) is 0 Å². The molecule has 0 aromatic heterocycles. The maximum atomic E-state index is 12.6. The van der Waals surface area contributed by atoms with Crippen molar-refractivity contribution in [3.05, 3.63) is 35.6 Å². The van der Waals surface area contributed by atoms with Gasteiger partial charge in [-0.05, 0) is 37.5 Å². The van der Waals surface area contributed by atoms with Gasteiger partial charge < -0.3 is 5.32 Å². The predicted octanol–water partition coefficient (Wildman–Crippen LogP) is 2.64. The second-order valence-electron chi connectivity index (χ2n) is 3.75. The summed E-state index contributed by atoms with van der Waals surface area (Å²) in [5.74, 6) is -0.158. The lowest BCUT2D eigenvalue weighted by molar-refractivity contribution is 0.581. The van der Waals surface area contributed by atoms with Gasteiger partial charge in [-0.2, -0.15) is 0 Å². The quantitative estimate of drug-likeness (QED) is 0.698. The smallest absolute Gasteiger partial charge is 0.123 e. The molecule has 1 fully saturated rings. The third-order valence-electron chi connectivity index (χ3n) is 2.65. The Balaban J connectivity index is 2.13. The summed E-state index contributed by atoms with van der Waals surface area (Å²) in [6.07, 6.45) is 2.37. The van der Waals surface area contributed by atoms with Crippen LogP contribution in [0.4, 0.5) is 4.39 Å². The highest BCUT2D eigenvalue weighted by molar-refractivity contribution is 5.20. The lowest BCUT2D eigenvalue weighted by atomic mass is 10.1. The molecule has 0 spiro atoms. The summed E-state index contributed by atoms with van der Waals surface area (Å²) in [5.41, 5.74) is 1.20. The molecule has 0 bridgehead atoms. The number of nitrogens with one attached hydrogen (secondary N) is 1. The van der Waals surface area contributed by atoms with E-state index >= 15 is 0 Å². The van der Waals surface area contributed by atoms with Crippen molar-refractivity contribution in [2.75, 3.05) is 0 Å². The van der Waals surface area contributed by atoms with Gasteiger partial charge in [0.25, 0.3) is 0 Å². The topological polar surface area (TPSA) is 12.0 Å². The van der Waals surface area contributed by atoms with Crippen LogP contribution in [-0.2, 0) is 0 Å². The molecular weight excluding hydrogens is 165 g/mol. The van der Waals surface area contributed by atoms with Crippen LogP contribution in [0.15, 0.2) is 24.3 Å². The van der Waals surface area contributed by atoms with E-state index in [2.05, 4.69) is 12.2 Å². The number of hydrogen-bond acceptors (Lipinski definition) is 1. The average Bonchev–Trinajstić information content (AvgIpc) is 2.53. The van der Waals surface area contributed by atoms with E-state index in [9.17, 15) is 4.39 Å². The molecule has 1 aliphatic rings. The minimum absolute atomic E-state index is 0.158. The van der Waals surface area contributed by atoms with Crippen molar-refractivity contribution in [2.24, 2.45) is 0 Å². The van der Waals surface area contributed by atoms with Gasteiger partial charge in [0.05, 0.1) is 0 Å². The highest BCUT2D eigenvalue weighted by atomic mass is 19.1. The van der Waals surface area contributed by atoms with E-state index in [-0.39, 0.29) is 5.82 Å². The first kappa shape index (κ1) is 8.70. The zero-order valence-corrected chi connectivity index (χ0v) is 7.76. The Bertz CT molecular complexity index is 281. The lowest BCUT2D eigenvalue weighted by Crippen LogP contribution is -2.20. The predicted molar refractivity (Wildman–Crippen MR) is 51.0 cm³/mol. The maximum absolute atomic E-state index is 12.6. The van der Waals surface area contributed by atoms with E-state index < -0.39 is 0 Å². The van der Waals surface area contributed by atoms with Gasteiger partial charge in [0, 0.05) is 12.1 Å². The van der Waals surface area contributed by atoms with Gasteiger partial charge in [-0.15, -0.1) is 0 Å². The molecule has 0 unspecified atom stereocenters. The molecule has 2 heteroatoms. The Morgan fingerprint density at radius 3 is 2.46 bits per heavy atom. The van der Waals surface area contributed by atoms with Crippen LogP contribution in [-0.4, -0.2) is 6.04 Å². The number of benzene rings is 1. The van der Waals surface area contributed by atoms with Crippen LogP contribution in [0.3, 0.4) is 0 Å². The van der Waals surface area contributed by atoms with Crippen molar-refractivity contribution >= 4 is 0 Å². The van der Waals surface area contributed by atoms with Gasteiger partial charge in [-0.25, -0.2) is 4.39 Å². The first-order valence-corrected chi connectivity index (χ1v) is 4.77. The van der Waals surface area contributed by atoms with Gasteiger partial charge in [-0.3, -0.25) is 0 Å². The molecule has 1 N–H and O–H groups in total. The molecule has 2 atom stereocenters. The molecule has 2 rings (SSSR count). The van der Waals surface area contributed by atoms with Crippen LogP contribution in [0.1, 0.15) is 31.4 Å². The van der Waals surface area contributed by atoms with E-state index in [1.807, 2.05) is 12.1 Å². The molecule has 0 saturated carbocycles. The summed E-state index contributed by atoms with van der Waals surface area (Å²) in [7, 11) is 0. The van der Waals surface area contributed by atoms with Crippen LogP contribution < -0.4 is 5.32 Å². The third-order valence-corrected chi connectivity index (χ3v) is 2.65. The molecular formula is C11H14FN. The Morgan fingerprint density at radius 1 is 1.23 bits per heavy atom. The Hall–Kier alpha value is -0.890. The van der Waals surface area contributed by atoms with Crippen molar-refractivity contribution < 1.29 is 4.39 Å². The molecule has 0 radical (unpaired) electrons. The molecule has 70 valence electrons. The standard InChI is InChI=1S/C11H14FN/c1-8-2-7-11(13-8)9-3-5-10(12)6-4-9/h3-6,8,11,13H,2,7H2,1H3/t8-,11-/m1/s1. The molecule has 0 aliphatic carbocycles. The number of hydrogen-bond donors (Lipinski definition) is 1. The van der Waals surface area contributed by atoms with E-state index in [1.54, 1.807) is 0 Å². The molecule has 1 aliphatic heterocycles. The summed E-state index contributed by atoms with van der Waals surface area (Å²) in [5, 5.41) is 3.47. The zero-order valence-electron chi connectivity index (χ0n) is 7.76. The summed E-state index contributed by atoms with van der Waals surface area (Å²) < 4.78 is 12.6. The van der Waals surface area contributed by atoms with E-state index in [0.717, 1.165) is 6.42 Å². The van der Waals surface area contributed by atoms with Crippen molar-refractivity contribution in [1.82, 2.24) is 5.32 Å². The molecule has 13 heavy (non-hydrogen) atoms. The number of rotatable bonds is 1. The molecule has 1 saturated heterocycles. The van der Waals surface area contributed by atoms with Gasteiger partial charge in [0.15, 0.2) is 0 Å². The second-order valence-corrected chi connectivity index (χ2v) is 3.75. The zero-order chi connectivity index (χ0) is 9.26. The maximum Gasteiger partial charge on any atom is 0.123 e. The van der Waals surface area contributed by atoms with Crippen LogP contribution in [0.5, 0.6) is 0 Å². The van der Waals surface area contributed by atoms with Gasteiger partial charge in [-0.1, -0.05) is 12.1 Å². The first-order chi connectivity index (χ1) is 6.25. The fourth-order valence-electron chi connectivity index (χ4n) is 1.88. The van der Waals surface area contributed by atoms with E-state index in [0.29, 0.717) is 12.1 Å².